The molecule has 0 radical (unpaired) electrons. The molecule has 0 aliphatic heterocycles. The SMILES string of the molecule is CC1(C)CCCCC1n1nnnc1-c1ccc(Cl)cc1N. The van der Waals surface area contributed by atoms with E-state index in [0.29, 0.717) is 16.8 Å². The molecule has 21 heavy (non-hydrogen) atoms. The van der Waals surface area contributed by atoms with Gasteiger partial charge in [0.05, 0.1) is 6.04 Å². The Morgan fingerprint density at radius 2 is 2.14 bits per heavy atom. The summed E-state index contributed by atoms with van der Waals surface area (Å²) in [5, 5.41) is 12.9. The Morgan fingerprint density at radius 3 is 2.86 bits per heavy atom. The van der Waals surface area contributed by atoms with Gasteiger partial charge in [0.25, 0.3) is 0 Å². The molecule has 2 N–H and O–H groups in total. The van der Waals surface area contributed by atoms with Crippen LogP contribution in [0, 0.1) is 5.41 Å². The highest BCUT2D eigenvalue weighted by atomic mass is 35.5. The minimum atomic E-state index is 0.184. The number of aromatic nitrogens is 4. The number of nitrogen functional groups attached to an aromatic ring is 1. The fourth-order valence-electron chi connectivity index (χ4n) is 3.25. The predicted octanol–water partition coefficient (Wildman–Crippen LogP) is 3.72. The number of hydrogen-bond donors (Lipinski definition) is 1. The normalized spacial score (nSPS) is 21.4. The van der Waals surface area contributed by atoms with E-state index in [1.807, 2.05) is 16.8 Å². The van der Waals surface area contributed by atoms with Gasteiger partial charge < -0.3 is 5.73 Å². The Labute approximate surface area is 129 Å². The second kappa shape index (κ2) is 5.30. The van der Waals surface area contributed by atoms with Crippen LogP contribution >= 0.6 is 11.6 Å². The van der Waals surface area contributed by atoms with Crippen molar-refractivity contribution in [2.24, 2.45) is 5.41 Å². The van der Waals surface area contributed by atoms with Gasteiger partial charge in [-0.05, 0) is 46.9 Å². The van der Waals surface area contributed by atoms with Gasteiger partial charge in [-0.2, -0.15) is 0 Å². The van der Waals surface area contributed by atoms with Crippen LogP contribution in [0.25, 0.3) is 11.4 Å². The molecule has 1 aliphatic rings. The van der Waals surface area contributed by atoms with E-state index in [9.17, 15) is 0 Å². The molecule has 1 aromatic heterocycles. The fraction of sp³-hybridized carbons (Fsp3) is 0.533. The molecule has 1 atom stereocenters. The van der Waals surface area contributed by atoms with Crippen LogP contribution in [-0.4, -0.2) is 20.2 Å². The van der Waals surface area contributed by atoms with Crippen molar-refractivity contribution in [3.05, 3.63) is 23.2 Å². The Hall–Kier alpha value is -1.62. The number of nitrogens with two attached hydrogens (primary N) is 1. The summed E-state index contributed by atoms with van der Waals surface area (Å²) in [6.45, 7) is 4.57. The Bertz CT molecular complexity index is 649. The van der Waals surface area contributed by atoms with E-state index in [2.05, 4.69) is 29.4 Å². The van der Waals surface area contributed by atoms with Gasteiger partial charge in [-0.3, -0.25) is 0 Å². The molecule has 1 aromatic carbocycles. The highest BCUT2D eigenvalue weighted by Crippen LogP contribution is 2.44. The molecule has 0 spiro atoms. The van der Waals surface area contributed by atoms with Crippen molar-refractivity contribution in [3.63, 3.8) is 0 Å². The predicted molar refractivity (Wildman–Crippen MR) is 84.0 cm³/mol. The number of benzene rings is 1. The second-order valence-corrected chi connectivity index (χ2v) is 6.87. The van der Waals surface area contributed by atoms with E-state index in [-0.39, 0.29) is 5.41 Å². The monoisotopic (exact) mass is 305 g/mol. The van der Waals surface area contributed by atoms with Crippen molar-refractivity contribution in [2.75, 3.05) is 5.73 Å². The summed E-state index contributed by atoms with van der Waals surface area (Å²) in [6, 6.07) is 5.74. The van der Waals surface area contributed by atoms with Gasteiger partial charge in [-0.1, -0.05) is 38.3 Å². The first-order valence-corrected chi connectivity index (χ1v) is 7.70. The number of tetrazole rings is 1. The van der Waals surface area contributed by atoms with Crippen molar-refractivity contribution in [1.29, 1.82) is 0 Å². The third-order valence-electron chi connectivity index (χ3n) is 4.49. The summed E-state index contributed by atoms with van der Waals surface area (Å²) in [7, 11) is 0. The van der Waals surface area contributed by atoms with Crippen LogP contribution < -0.4 is 5.73 Å². The summed E-state index contributed by atoms with van der Waals surface area (Å²) in [5.74, 6) is 0.726. The largest absolute Gasteiger partial charge is 0.398 e. The Balaban J connectivity index is 2.05. The standard InChI is InChI=1S/C15H20ClN5/c1-15(2)8-4-3-5-13(15)21-14(18-19-20-21)11-7-6-10(16)9-12(11)17/h6-7,9,13H,3-5,8,17H2,1-2H3. The fourth-order valence-corrected chi connectivity index (χ4v) is 3.43. The van der Waals surface area contributed by atoms with Gasteiger partial charge in [0.15, 0.2) is 5.82 Å². The first-order chi connectivity index (χ1) is 9.99. The average Bonchev–Trinajstić information content (AvgIpc) is 2.87. The number of anilines is 1. The molecule has 0 bridgehead atoms. The van der Waals surface area contributed by atoms with Gasteiger partial charge in [0.2, 0.25) is 0 Å². The molecule has 0 amide bonds. The number of halogens is 1. The summed E-state index contributed by atoms with van der Waals surface area (Å²) in [4.78, 5) is 0. The van der Waals surface area contributed by atoms with Crippen LogP contribution in [0.2, 0.25) is 5.02 Å². The molecule has 1 fully saturated rings. The third kappa shape index (κ3) is 2.62. The van der Waals surface area contributed by atoms with Gasteiger partial charge >= 0.3 is 0 Å². The third-order valence-corrected chi connectivity index (χ3v) is 4.73. The number of rotatable bonds is 2. The van der Waals surface area contributed by atoms with Crippen LogP contribution in [0.4, 0.5) is 5.69 Å². The number of hydrogen-bond acceptors (Lipinski definition) is 4. The minimum absolute atomic E-state index is 0.184. The van der Waals surface area contributed by atoms with E-state index in [1.54, 1.807) is 6.07 Å². The summed E-state index contributed by atoms with van der Waals surface area (Å²) >= 11 is 5.97. The van der Waals surface area contributed by atoms with E-state index in [4.69, 9.17) is 17.3 Å². The molecule has 2 aromatic rings. The van der Waals surface area contributed by atoms with Gasteiger partial charge in [0.1, 0.15) is 0 Å². The topological polar surface area (TPSA) is 69.6 Å². The van der Waals surface area contributed by atoms with Crippen LogP contribution in [-0.2, 0) is 0 Å². The minimum Gasteiger partial charge on any atom is -0.398 e. The van der Waals surface area contributed by atoms with Crippen molar-refractivity contribution >= 4 is 17.3 Å². The maximum absolute atomic E-state index is 6.09. The lowest BCUT2D eigenvalue weighted by Crippen LogP contribution is -2.31. The zero-order valence-electron chi connectivity index (χ0n) is 12.4. The molecular weight excluding hydrogens is 286 g/mol. The quantitative estimate of drug-likeness (QED) is 0.859. The molecule has 1 unspecified atom stereocenters. The summed E-state index contributed by atoms with van der Waals surface area (Å²) in [6.07, 6.45) is 4.76. The Kier molecular flexibility index (Phi) is 3.61. The van der Waals surface area contributed by atoms with Gasteiger partial charge in [0, 0.05) is 16.3 Å². The van der Waals surface area contributed by atoms with Crippen molar-refractivity contribution in [2.45, 2.75) is 45.6 Å². The average molecular weight is 306 g/mol. The second-order valence-electron chi connectivity index (χ2n) is 6.43. The van der Waals surface area contributed by atoms with Gasteiger partial charge in [-0.25, -0.2) is 4.68 Å². The molecule has 0 saturated heterocycles. The van der Waals surface area contributed by atoms with Crippen molar-refractivity contribution < 1.29 is 0 Å². The van der Waals surface area contributed by atoms with Crippen LogP contribution in [0.5, 0.6) is 0 Å². The molecule has 112 valence electrons. The highest BCUT2D eigenvalue weighted by Gasteiger charge is 2.36. The van der Waals surface area contributed by atoms with Crippen LogP contribution in [0.3, 0.4) is 0 Å². The Morgan fingerprint density at radius 1 is 1.33 bits per heavy atom. The van der Waals surface area contributed by atoms with E-state index < -0.39 is 0 Å². The maximum Gasteiger partial charge on any atom is 0.184 e. The molecule has 6 heteroatoms. The lowest BCUT2D eigenvalue weighted by atomic mass is 9.73. The summed E-state index contributed by atoms with van der Waals surface area (Å²) < 4.78 is 1.94. The smallest absolute Gasteiger partial charge is 0.184 e. The van der Waals surface area contributed by atoms with E-state index in [1.165, 1.54) is 19.3 Å². The maximum atomic E-state index is 6.09. The zero-order chi connectivity index (χ0) is 15.0. The van der Waals surface area contributed by atoms with E-state index in [0.717, 1.165) is 17.8 Å². The molecule has 1 saturated carbocycles. The van der Waals surface area contributed by atoms with Crippen molar-refractivity contribution in [1.82, 2.24) is 20.2 Å². The van der Waals surface area contributed by atoms with Crippen LogP contribution in [0.15, 0.2) is 18.2 Å². The summed E-state index contributed by atoms with van der Waals surface area (Å²) in [5.41, 5.74) is 7.71. The van der Waals surface area contributed by atoms with Crippen LogP contribution in [0.1, 0.15) is 45.6 Å². The molecular formula is C15H20ClN5. The molecule has 1 aliphatic carbocycles. The lowest BCUT2D eigenvalue weighted by Gasteiger charge is -2.38. The molecule has 5 nitrogen and oxygen atoms in total. The van der Waals surface area contributed by atoms with Crippen molar-refractivity contribution in [3.8, 4) is 11.4 Å². The lowest BCUT2D eigenvalue weighted by molar-refractivity contribution is 0.132. The first kappa shape index (κ1) is 14.3. The first-order valence-electron chi connectivity index (χ1n) is 7.32. The zero-order valence-corrected chi connectivity index (χ0v) is 13.1. The van der Waals surface area contributed by atoms with E-state index >= 15 is 0 Å². The molecule has 1 heterocycles. The highest BCUT2D eigenvalue weighted by molar-refractivity contribution is 6.31. The number of nitrogens with zero attached hydrogens (tertiary/aromatic N) is 4. The molecule has 3 rings (SSSR count). The van der Waals surface area contributed by atoms with Gasteiger partial charge in [-0.15, -0.1) is 5.10 Å².